The molecule has 2 atom stereocenters. The van der Waals surface area contributed by atoms with Gasteiger partial charge in [0.25, 0.3) is 0 Å². The van der Waals surface area contributed by atoms with E-state index in [9.17, 15) is 0 Å². The summed E-state index contributed by atoms with van der Waals surface area (Å²) in [5.74, 6) is 3.39. The quantitative estimate of drug-likeness (QED) is 0.895. The molecule has 3 fully saturated rings. The van der Waals surface area contributed by atoms with E-state index in [2.05, 4.69) is 22.8 Å². The fraction of sp³-hybridized carbons (Fsp3) is 0.765. The number of hydrogen-bond acceptors (Lipinski definition) is 6. The van der Waals surface area contributed by atoms with Gasteiger partial charge in [-0.3, -0.25) is 0 Å². The van der Waals surface area contributed by atoms with E-state index < -0.39 is 0 Å². The van der Waals surface area contributed by atoms with Gasteiger partial charge in [-0.2, -0.15) is 4.98 Å². The van der Waals surface area contributed by atoms with Crippen molar-refractivity contribution in [3.8, 4) is 0 Å². The molecule has 126 valence electrons. The molecule has 2 saturated heterocycles. The molecule has 0 aromatic carbocycles. The molecule has 3 heterocycles. The number of nitrogens with zero attached hydrogens (tertiary/aromatic N) is 4. The van der Waals surface area contributed by atoms with Gasteiger partial charge in [-0.05, 0) is 31.1 Å². The van der Waals surface area contributed by atoms with Crippen molar-refractivity contribution in [2.24, 2.45) is 17.6 Å². The van der Waals surface area contributed by atoms with E-state index in [-0.39, 0.29) is 6.04 Å². The Balaban J connectivity index is 1.57. The lowest BCUT2D eigenvalue weighted by Gasteiger charge is -2.28. The van der Waals surface area contributed by atoms with Crippen molar-refractivity contribution < 1.29 is 4.74 Å². The average Bonchev–Trinajstić information content (AvgIpc) is 3.37. The summed E-state index contributed by atoms with van der Waals surface area (Å²) in [4.78, 5) is 14.2. The molecule has 2 N–H and O–H groups in total. The van der Waals surface area contributed by atoms with Crippen LogP contribution in [0.25, 0.3) is 0 Å². The van der Waals surface area contributed by atoms with Crippen LogP contribution in [0.1, 0.15) is 25.5 Å². The molecule has 2 aliphatic heterocycles. The van der Waals surface area contributed by atoms with Gasteiger partial charge in [-0.25, -0.2) is 4.98 Å². The minimum Gasteiger partial charge on any atom is -0.378 e. The van der Waals surface area contributed by atoms with Crippen LogP contribution in [-0.2, 0) is 11.2 Å². The Kier molecular flexibility index (Phi) is 4.11. The molecule has 1 aromatic rings. The van der Waals surface area contributed by atoms with Crippen LogP contribution in [0.4, 0.5) is 11.8 Å². The first-order valence-corrected chi connectivity index (χ1v) is 8.95. The second kappa shape index (κ2) is 6.24. The summed E-state index contributed by atoms with van der Waals surface area (Å²) in [5, 5.41) is 0. The van der Waals surface area contributed by atoms with Crippen molar-refractivity contribution >= 4 is 11.8 Å². The molecule has 4 rings (SSSR count). The second-order valence-electron chi connectivity index (χ2n) is 7.04. The van der Waals surface area contributed by atoms with E-state index in [0.717, 1.165) is 69.2 Å². The van der Waals surface area contributed by atoms with Gasteiger partial charge in [-0.1, -0.05) is 6.92 Å². The number of anilines is 2. The third-order valence-electron chi connectivity index (χ3n) is 5.37. The predicted octanol–water partition coefficient (Wildman–Crippen LogP) is 1.05. The third kappa shape index (κ3) is 3.15. The van der Waals surface area contributed by atoms with Crippen LogP contribution < -0.4 is 15.5 Å². The Morgan fingerprint density at radius 1 is 1.17 bits per heavy atom. The maximum absolute atomic E-state index is 6.39. The molecule has 0 unspecified atom stereocenters. The monoisotopic (exact) mass is 317 g/mol. The number of hydrogen-bond donors (Lipinski definition) is 1. The summed E-state index contributed by atoms with van der Waals surface area (Å²) in [7, 11) is 0. The van der Waals surface area contributed by atoms with Gasteiger partial charge in [0.05, 0.1) is 13.2 Å². The van der Waals surface area contributed by atoms with Gasteiger partial charge >= 0.3 is 0 Å². The van der Waals surface area contributed by atoms with E-state index in [1.807, 2.05) is 0 Å². The van der Waals surface area contributed by atoms with Crippen molar-refractivity contribution in [3.05, 3.63) is 11.8 Å². The van der Waals surface area contributed by atoms with E-state index in [0.29, 0.717) is 5.92 Å². The number of aryl methyl sites for hydroxylation is 1. The highest BCUT2D eigenvalue weighted by atomic mass is 16.5. The highest BCUT2D eigenvalue weighted by Gasteiger charge is 2.41. The minimum atomic E-state index is 0.286. The Labute approximate surface area is 138 Å². The zero-order valence-electron chi connectivity index (χ0n) is 13.9. The number of rotatable bonds is 4. The lowest BCUT2D eigenvalue weighted by atomic mass is 9.99. The maximum Gasteiger partial charge on any atom is 0.227 e. The van der Waals surface area contributed by atoms with Gasteiger partial charge in [0, 0.05) is 44.0 Å². The van der Waals surface area contributed by atoms with Gasteiger partial charge < -0.3 is 20.3 Å². The zero-order chi connectivity index (χ0) is 15.8. The number of ether oxygens (including phenoxy) is 1. The fourth-order valence-corrected chi connectivity index (χ4v) is 3.78. The molecular weight excluding hydrogens is 290 g/mol. The SMILES string of the molecule is CCc1cc(N2C[C@@H](N)[C@H](C3CC3)C2)nc(N2CCOCC2)n1. The normalized spacial score (nSPS) is 28.4. The van der Waals surface area contributed by atoms with E-state index in [1.54, 1.807) is 0 Å². The van der Waals surface area contributed by atoms with Crippen LogP contribution in [0.2, 0.25) is 0 Å². The number of morpholine rings is 1. The fourth-order valence-electron chi connectivity index (χ4n) is 3.78. The average molecular weight is 317 g/mol. The first-order chi connectivity index (χ1) is 11.2. The first kappa shape index (κ1) is 15.1. The number of aromatic nitrogens is 2. The van der Waals surface area contributed by atoms with Gasteiger partial charge in [-0.15, -0.1) is 0 Å². The van der Waals surface area contributed by atoms with E-state index in [4.69, 9.17) is 20.4 Å². The Morgan fingerprint density at radius 2 is 1.96 bits per heavy atom. The highest BCUT2D eigenvalue weighted by molar-refractivity contribution is 5.48. The second-order valence-corrected chi connectivity index (χ2v) is 7.04. The largest absolute Gasteiger partial charge is 0.378 e. The smallest absolute Gasteiger partial charge is 0.227 e. The number of nitrogens with two attached hydrogens (primary N) is 1. The Morgan fingerprint density at radius 3 is 2.65 bits per heavy atom. The molecule has 0 bridgehead atoms. The Bertz CT molecular complexity index is 556. The van der Waals surface area contributed by atoms with Crippen molar-refractivity contribution in [1.29, 1.82) is 0 Å². The van der Waals surface area contributed by atoms with Gasteiger partial charge in [0.2, 0.25) is 5.95 Å². The molecule has 1 aliphatic carbocycles. The zero-order valence-corrected chi connectivity index (χ0v) is 13.9. The molecule has 23 heavy (non-hydrogen) atoms. The van der Waals surface area contributed by atoms with Crippen LogP contribution in [0.3, 0.4) is 0 Å². The van der Waals surface area contributed by atoms with Crippen molar-refractivity contribution in [2.75, 3.05) is 49.2 Å². The summed E-state index contributed by atoms with van der Waals surface area (Å²) in [5.41, 5.74) is 7.50. The molecule has 3 aliphatic rings. The molecule has 1 aromatic heterocycles. The van der Waals surface area contributed by atoms with E-state index in [1.165, 1.54) is 12.8 Å². The lowest BCUT2D eigenvalue weighted by Crippen LogP contribution is -2.38. The molecule has 0 spiro atoms. The summed E-state index contributed by atoms with van der Waals surface area (Å²) in [6.07, 6.45) is 3.64. The van der Waals surface area contributed by atoms with Crippen molar-refractivity contribution in [1.82, 2.24) is 9.97 Å². The molecule has 1 saturated carbocycles. The van der Waals surface area contributed by atoms with E-state index >= 15 is 0 Å². The van der Waals surface area contributed by atoms with Crippen LogP contribution in [0.5, 0.6) is 0 Å². The topological polar surface area (TPSA) is 67.5 Å². The van der Waals surface area contributed by atoms with Gasteiger partial charge in [0.1, 0.15) is 5.82 Å². The predicted molar refractivity (Wildman–Crippen MR) is 90.8 cm³/mol. The van der Waals surface area contributed by atoms with Crippen LogP contribution >= 0.6 is 0 Å². The molecule has 6 heteroatoms. The minimum absolute atomic E-state index is 0.286. The van der Waals surface area contributed by atoms with Crippen molar-refractivity contribution in [2.45, 2.75) is 32.2 Å². The van der Waals surface area contributed by atoms with Crippen LogP contribution in [0.15, 0.2) is 6.07 Å². The first-order valence-electron chi connectivity index (χ1n) is 8.95. The molecular formula is C17H27N5O. The highest BCUT2D eigenvalue weighted by Crippen LogP contribution is 2.41. The summed E-state index contributed by atoms with van der Waals surface area (Å²) in [6, 6.07) is 2.43. The molecule has 6 nitrogen and oxygen atoms in total. The standard InChI is InChI=1S/C17H27N5O/c1-2-13-9-16(20-17(19-13)21-5-7-23-8-6-21)22-10-14(12-3-4-12)15(18)11-22/h9,12,14-15H,2-8,10-11,18H2,1H3/t14-,15+/m0/s1. The molecule has 0 amide bonds. The summed E-state index contributed by atoms with van der Waals surface area (Å²) < 4.78 is 5.45. The van der Waals surface area contributed by atoms with Crippen LogP contribution in [0, 0.1) is 11.8 Å². The maximum atomic E-state index is 6.39. The summed E-state index contributed by atoms with van der Waals surface area (Å²) in [6.45, 7) is 7.38. The van der Waals surface area contributed by atoms with Gasteiger partial charge in [0.15, 0.2) is 0 Å². The summed E-state index contributed by atoms with van der Waals surface area (Å²) >= 11 is 0. The lowest BCUT2D eigenvalue weighted by molar-refractivity contribution is 0.122. The third-order valence-corrected chi connectivity index (χ3v) is 5.37. The van der Waals surface area contributed by atoms with Crippen LogP contribution in [-0.4, -0.2) is 55.4 Å². The van der Waals surface area contributed by atoms with Crippen molar-refractivity contribution in [3.63, 3.8) is 0 Å². The Hall–Kier alpha value is -1.40. The molecule has 0 radical (unpaired) electrons.